The lowest BCUT2D eigenvalue weighted by atomic mass is 10.0. The van der Waals surface area contributed by atoms with Crippen molar-refractivity contribution in [2.75, 3.05) is 0 Å². The van der Waals surface area contributed by atoms with E-state index in [0.29, 0.717) is 25.1 Å². The Hall–Kier alpha value is -1.73. The van der Waals surface area contributed by atoms with Gasteiger partial charge in [-0.25, -0.2) is 0 Å². The first kappa shape index (κ1) is 14.2. The number of carbonyl (C=O) groups is 3. The molecule has 0 aliphatic carbocycles. The lowest BCUT2D eigenvalue weighted by Crippen LogP contribution is -2.52. The van der Waals surface area contributed by atoms with Gasteiger partial charge in [-0.1, -0.05) is 15.9 Å². The molecule has 6 nitrogen and oxygen atoms in total. The second kappa shape index (κ2) is 5.23. The summed E-state index contributed by atoms with van der Waals surface area (Å²) in [5.74, 6) is -0.870. The highest BCUT2D eigenvalue weighted by atomic mass is 79.9. The maximum Gasteiger partial charge on any atom is 0.255 e. The van der Waals surface area contributed by atoms with Crippen molar-refractivity contribution in [1.29, 1.82) is 0 Å². The van der Waals surface area contributed by atoms with Gasteiger partial charge in [0.05, 0.1) is 0 Å². The lowest BCUT2D eigenvalue weighted by Gasteiger charge is -2.29. The van der Waals surface area contributed by atoms with E-state index in [-0.39, 0.29) is 18.2 Å². The minimum atomic E-state index is -0.587. The smallest absolute Gasteiger partial charge is 0.255 e. The van der Waals surface area contributed by atoms with Gasteiger partial charge in [0, 0.05) is 29.5 Å². The molecular weight excluding hydrogens is 338 g/mol. The molecular formula is C14H14BrN3O3. The summed E-state index contributed by atoms with van der Waals surface area (Å²) in [5, 5.41) is 2.29. The number of benzene rings is 1. The van der Waals surface area contributed by atoms with E-state index in [1.165, 1.54) is 4.90 Å². The highest BCUT2D eigenvalue weighted by molar-refractivity contribution is 9.10. The maximum atomic E-state index is 12.5. The lowest BCUT2D eigenvalue weighted by molar-refractivity contribution is -0.136. The Balaban J connectivity index is 1.92. The largest absolute Gasteiger partial charge is 0.326 e. The molecule has 1 fully saturated rings. The van der Waals surface area contributed by atoms with Gasteiger partial charge in [0.1, 0.15) is 6.04 Å². The van der Waals surface area contributed by atoms with Gasteiger partial charge in [0.2, 0.25) is 11.8 Å². The van der Waals surface area contributed by atoms with Crippen LogP contribution in [0.3, 0.4) is 0 Å². The number of imide groups is 1. The number of hydrogen-bond acceptors (Lipinski definition) is 4. The summed E-state index contributed by atoms with van der Waals surface area (Å²) in [7, 11) is 0. The predicted octanol–water partition coefficient (Wildman–Crippen LogP) is 0.669. The molecule has 2 aliphatic rings. The number of nitrogens with two attached hydrogens (primary N) is 1. The van der Waals surface area contributed by atoms with E-state index < -0.39 is 11.9 Å². The summed E-state index contributed by atoms with van der Waals surface area (Å²) in [6.45, 7) is 0.712. The molecule has 1 unspecified atom stereocenters. The topological polar surface area (TPSA) is 92.5 Å². The normalized spacial score (nSPS) is 21.5. The van der Waals surface area contributed by atoms with Crippen molar-refractivity contribution in [3.8, 4) is 0 Å². The summed E-state index contributed by atoms with van der Waals surface area (Å²) in [4.78, 5) is 37.2. The number of hydrogen-bond donors (Lipinski definition) is 2. The van der Waals surface area contributed by atoms with E-state index in [0.717, 1.165) is 15.6 Å². The minimum absolute atomic E-state index is 0.185. The van der Waals surface area contributed by atoms with Crippen molar-refractivity contribution in [3.63, 3.8) is 0 Å². The van der Waals surface area contributed by atoms with Crippen molar-refractivity contribution in [2.45, 2.75) is 32.0 Å². The predicted molar refractivity (Wildman–Crippen MR) is 78.1 cm³/mol. The Morgan fingerprint density at radius 1 is 1.33 bits per heavy atom. The summed E-state index contributed by atoms with van der Waals surface area (Å²) in [5.41, 5.74) is 7.93. The molecule has 0 spiro atoms. The summed E-state index contributed by atoms with van der Waals surface area (Å²) >= 11 is 3.45. The third kappa shape index (κ3) is 2.36. The molecule has 0 saturated carbocycles. The minimum Gasteiger partial charge on any atom is -0.326 e. The first-order valence-corrected chi connectivity index (χ1v) is 7.46. The molecule has 1 atom stereocenters. The number of amides is 3. The van der Waals surface area contributed by atoms with Crippen molar-refractivity contribution < 1.29 is 14.4 Å². The van der Waals surface area contributed by atoms with Crippen LogP contribution in [0.15, 0.2) is 16.6 Å². The van der Waals surface area contributed by atoms with Gasteiger partial charge in [-0.2, -0.15) is 0 Å². The zero-order chi connectivity index (χ0) is 15.1. The van der Waals surface area contributed by atoms with Crippen LogP contribution in [-0.4, -0.2) is 28.7 Å². The molecule has 0 aromatic heterocycles. The Morgan fingerprint density at radius 3 is 2.76 bits per heavy atom. The van der Waals surface area contributed by atoms with Crippen molar-refractivity contribution >= 4 is 33.7 Å². The Bertz CT molecular complexity index is 659. The molecule has 1 aromatic carbocycles. The quantitative estimate of drug-likeness (QED) is 0.766. The SMILES string of the molecule is NCc1cc(Br)c2c(c1)C(=O)N(C1CCC(=O)NC1=O)C2. The van der Waals surface area contributed by atoms with Crippen LogP contribution in [0.4, 0.5) is 0 Å². The van der Waals surface area contributed by atoms with Gasteiger partial charge in [0.15, 0.2) is 0 Å². The Kier molecular flexibility index (Phi) is 3.54. The van der Waals surface area contributed by atoms with Crippen molar-refractivity contribution in [2.24, 2.45) is 5.73 Å². The van der Waals surface area contributed by atoms with Crippen LogP contribution >= 0.6 is 15.9 Å². The van der Waals surface area contributed by atoms with Gasteiger partial charge < -0.3 is 10.6 Å². The van der Waals surface area contributed by atoms with Crippen LogP contribution in [0.5, 0.6) is 0 Å². The summed E-state index contributed by atoms with van der Waals surface area (Å²) < 4.78 is 0.823. The maximum absolute atomic E-state index is 12.5. The molecule has 1 saturated heterocycles. The number of carbonyl (C=O) groups excluding carboxylic acids is 3. The van der Waals surface area contributed by atoms with E-state index in [1.54, 1.807) is 6.07 Å². The molecule has 0 radical (unpaired) electrons. The number of nitrogens with zero attached hydrogens (tertiary/aromatic N) is 1. The van der Waals surface area contributed by atoms with E-state index in [2.05, 4.69) is 21.2 Å². The van der Waals surface area contributed by atoms with E-state index >= 15 is 0 Å². The highest BCUT2D eigenvalue weighted by Crippen LogP contribution is 2.33. The second-order valence-electron chi connectivity index (χ2n) is 5.21. The van der Waals surface area contributed by atoms with E-state index in [9.17, 15) is 14.4 Å². The van der Waals surface area contributed by atoms with Gasteiger partial charge in [-0.05, 0) is 29.7 Å². The molecule has 21 heavy (non-hydrogen) atoms. The van der Waals surface area contributed by atoms with Gasteiger partial charge in [0.25, 0.3) is 5.91 Å². The molecule has 7 heteroatoms. The number of fused-ring (bicyclic) bond motifs is 1. The van der Waals surface area contributed by atoms with Crippen LogP contribution in [0, 0.1) is 0 Å². The van der Waals surface area contributed by atoms with Crippen LogP contribution in [-0.2, 0) is 22.7 Å². The Morgan fingerprint density at radius 2 is 2.10 bits per heavy atom. The fraction of sp³-hybridized carbons (Fsp3) is 0.357. The molecule has 2 heterocycles. The first-order chi connectivity index (χ1) is 10.0. The standard InChI is InChI=1S/C14H14BrN3O3/c15-10-4-7(5-16)3-8-9(10)6-18(14(8)21)11-1-2-12(19)17-13(11)20/h3-4,11H,1-2,5-6,16H2,(H,17,19,20). The number of rotatable bonds is 2. The van der Waals surface area contributed by atoms with E-state index in [1.807, 2.05) is 6.07 Å². The molecule has 3 N–H and O–H groups in total. The number of piperidine rings is 1. The summed E-state index contributed by atoms with van der Waals surface area (Å²) in [6, 6.07) is 3.07. The van der Waals surface area contributed by atoms with Gasteiger partial charge >= 0.3 is 0 Å². The van der Waals surface area contributed by atoms with Crippen LogP contribution in [0.25, 0.3) is 0 Å². The van der Waals surface area contributed by atoms with Crippen LogP contribution < -0.4 is 11.1 Å². The zero-order valence-corrected chi connectivity index (χ0v) is 12.8. The fourth-order valence-corrected chi connectivity index (χ4v) is 3.42. The molecule has 3 amide bonds. The van der Waals surface area contributed by atoms with Crippen LogP contribution in [0.1, 0.15) is 34.3 Å². The van der Waals surface area contributed by atoms with Gasteiger partial charge in [-0.3, -0.25) is 19.7 Å². The average molecular weight is 352 g/mol. The second-order valence-corrected chi connectivity index (χ2v) is 6.06. The summed E-state index contributed by atoms with van der Waals surface area (Å²) in [6.07, 6.45) is 0.623. The zero-order valence-electron chi connectivity index (χ0n) is 11.2. The van der Waals surface area contributed by atoms with Gasteiger partial charge in [-0.15, -0.1) is 0 Å². The van der Waals surface area contributed by atoms with Crippen molar-refractivity contribution in [1.82, 2.24) is 10.2 Å². The molecule has 1 aromatic rings. The molecule has 110 valence electrons. The van der Waals surface area contributed by atoms with Crippen LogP contribution in [0.2, 0.25) is 0 Å². The molecule has 0 bridgehead atoms. The molecule has 2 aliphatic heterocycles. The number of nitrogens with one attached hydrogen (secondary N) is 1. The first-order valence-electron chi connectivity index (χ1n) is 6.67. The molecule has 3 rings (SSSR count). The van der Waals surface area contributed by atoms with Crippen molar-refractivity contribution in [3.05, 3.63) is 33.3 Å². The third-order valence-electron chi connectivity index (χ3n) is 3.90. The fourth-order valence-electron chi connectivity index (χ4n) is 2.79. The number of halogens is 1. The Labute approximate surface area is 129 Å². The van der Waals surface area contributed by atoms with E-state index in [4.69, 9.17) is 5.73 Å². The average Bonchev–Trinajstić information content (AvgIpc) is 2.77. The third-order valence-corrected chi connectivity index (χ3v) is 4.60. The highest BCUT2D eigenvalue weighted by Gasteiger charge is 2.39. The monoisotopic (exact) mass is 351 g/mol.